The molecule has 0 aromatic carbocycles. The molecule has 18 heavy (non-hydrogen) atoms. The Morgan fingerprint density at radius 2 is 1.94 bits per heavy atom. The van der Waals surface area contributed by atoms with E-state index in [1.807, 2.05) is 0 Å². The van der Waals surface area contributed by atoms with Crippen molar-refractivity contribution in [2.24, 2.45) is 0 Å². The van der Waals surface area contributed by atoms with Gasteiger partial charge in [-0.2, -0.15) is 0 Å². The van der Waals surface area contributed by atoms with Gasteiger partial charge >= 0.3 is 0 Å². The summed E-state index contributed by atoms with van der Waals surface area (Å²) in [5, 5.41) is 14.1. The van der Waals surface area contributed by atoms with Gasteiger partial charge in [0.15, 0.2) is 0 Å². The molecule has 0 saturated heterocycles. The molecule has 0 atom stereocenters. The van der Waals surface area contributed by atoms with Crippen LogP contribution in [0.3, 0.4) is 0 Å². The molecule has 4 nitrogen and oxygen atoms in total. The SMILES string of the molecule is COC(C)(C)Cc1nnc(CCCNC(C)C)s1. The molecule has 0 aliphatic heterocycles. The molecule has 0 saturated carbocycles. The van der Waals surface area contributed by atoms with Crippen LogP contribution < -0.4 is 5.32 Å². The lowest BCUT2D eigenvalue weighted by atomic mass is 10.1. The van der Waals surface area contributed by atoms with Crippen molar-refractivity contribution in [3.05, 3.63) is 10.0 Å². The van der Waals surface area contributed by atoms with Crippen LogP contribution in [0.1, 0.15) is 44.1 Å². The molecule has 1 N–H and O–H groups in total. The van der Waals surface area contributed by atoms with Gasteiger partial charge in [-0.3, -0.25) is 0 Å². The summed E-state index contributed by atoms with van der Waals surface area (Å²) in [5.74, 6) is 0. The highest BCUT2D eigenvalue weighted by Crippen LogP contribution is 2.19. The van der Waals surface area contributed by atoms with Gasteiger partial charge in [0, 0.05) is 26.0 Å². The van der Waals surface area contributed by atoms with Crippen LogP contribution in [-0.4, -0.2) is 35.5 Å². The summed E-state index contributed by atoms with van der Waals surface area (Å²) in [6.45, 7) is 9.50. The van der Waals surface area contributed by atoms with Crippen molar-refractivity contribution in [3.8, 4) is 0 Å². The van der Waals surface area contributed by atoms with E-state index in [-0.39, 0.29) is 5.60 Å². The first-order valence-corrected chi connectivity index (χ1v) is 7.34. The van der Waals surface area contributed by atoms with Crippen LogP contribution in [0.5, 0.6) is 0 Å². The zero-order chi connectivity index (χ0) is 13.6. The minimum absolute atomic E-state index is 0.157. The topological polar surface area (TPSA) is 47.0 Å². The second kappa shape index (κ2) is 7.16. The van der Waals surface area contributed by atoms with Crippen molar-refractivity contribution in [2.75, 3.05) is 13.7 Å². The molecule has 1 rings (SSSR count). The summed E-state index contributed by atoms with van der Waals surface area (Å²) in [4.78, 5) is 0. The second-order valence-corrected chi connectivity index (χ2v) is 6.59. The number of nitrogens with zero attached hydrogens (tertiary/aromatic N) is 2. The van der Waals surface area contributed by atoms with E-state index in [2.05, 4.69) is 43.2 Å². The highest BCUT2D eigenvalue weighted by molar-refractivity contribution is 7.11. The number of ether oxygens (including phenoxy) is 1. The molecule has 1 aromatic rings. The molecule has 0 radical (unpaired) electrons. The van der Waals surface area contributed by atoms with E-state index in [9.17, 15) is 0 Å². The average Bonchev–Trinajstić information content (AvgIpc) is 2.71. The zero-order valence-corrected chi connectivity index (χ0v) is 12.9. The van der Waals surface area contributed by atoms with Crippen LogP contribution in [0, 0.1) is 0 Å². The molecule has 0 unspecified atom stereocenters. The lowest BCUT2D eigenvalue weighted by Crippen LogP contribution is -2.25. The van der Waals surface area contributed by atoms with Crippen LogP contribution >= 0.6 is 11.3 Å². The van der Waals surface area contributed by atoms with Crippen LogP contribution in [0.2, 0.25) is 0 Å². The average molecular weight is 271 g/mol. The van der Waals surface area contributed by atoms with E-state index in [0.717, 1.165) is 35.8 Å². The van der Waals surface area contributed by atoms with Gasteiger partial charge in [0.2, 0.25) is 0 Å². The first-order chi connectivity index (χ1) is 8.43. The van der Waals surface area contributed by atoms with Crippen LogP contribution in [0.4, 0.5) is 0 Å². The number of aryl methyl sites for hydroxylation is 1. The Balaban J connectivity index is 2.34. The number of aromatic nitrogens is 2. The largest absolute Gasteiger partial charge is 0.378 e. The van der Waals surface area contributed by atoms with Crippen LogP contribution in [0.25, 0.3) is 0 Å². The molecular formula is C13H25N3OS. The van der Waals surface area contributed by atoms with Crippen molar-refractivity contribution in [1.82, 2.24) is 15.5 Å². The summed E-state index contributed by atoms with van der Waals surface area (Å²) in [6.07, 6.45) is 2.94. The van der Waals surface area contributed by atoms with Gasteiger partial charge in [-0.15, -0.1) is 21.5 Å². The number of rotatable bonds is 8. The summed E-state index contributed by atoms with van der Waals surface area (Å²) in [7, 11) is 1.74. The molecule has 0 fully saturated rings. The maximum atomic E-state index is 5.40. The molecule has 0 aliphatic rings. The third kappa shape index (κ3) is 5.89. The van der Waals surface area contributed by atoms with Gasteiger partial charge in [0.05, 0.1) is 5.60 Å². The van der Waals surface area contributed by atoms with Gasteiger partial charge in [-0.05, 0) is 26.8 Å². The number of hydrogen-bond acceptors (Lipinski definition) is 5. The maximum absolute atomic E-state index is 5.40. The fourth-order valence-electron chi connectivity index (χ4n) is 1.53. The normalized spacial score (nSPS) is 12.3. The lowest BCUT2D eigenvalue weighted by Gasteiger charge is -2.20. The summed E-state index contributed by atoms with van der Waals surface area (Å²) >= 11 is 1.70. The van der Waals surface area contributed by atoms with Crippen LogP contribution in [-0.2, 0) is 17.6 Å². The Kier molecular flexibility index (Phi) is 6.18. The molecule has 1 heterocycles. The van der Waals surface area contributed by atoms with Gasteiger partial charge in [0.25, 0.3) is 0 Å². The maximum Gasteiger partial charge on any atom is 0.120 e. The number of nitrogens with one attached hydrogen (secondary N) is 1. The highest BCUT2D eigenvalue weighted by Gasteiger charge is 2.19. The first-order valence-electron chi connectivity index (χ1n) is 6.53. The standard InChI is InChI=1S/C13H25N3OS/c1-10(2)14-8-6-7-11-15-16-12(18-11)9-13(3,4)17-5/h10,14H,6-9H2,1-5H3. The monoisotopic (exact) mass is 271 g/mol. The molecule has 0 aliphatic carbocycles. The van der Waals surface area contributed by atoms with Gasteiger partial charge in [-0.25, -0.2) is 0 Å². The van der Waals surface area contributed by atoms with E-state index < -0.39 is 0 Å². The smallest absolute Gasteiger partial charge is 0.120 e. The predicted octanol–water partition coefficient (Wildman–Crippen LogP) is 2.44. The van der Waals surface area contributed by atoms with Gasteiger partial charge in [-0.1, -0.05) is 13.8 Å². The Labute approximate surface area is 114 Å². The molecule has 0 amide bonds. The number of methoxy groups -OCH3 is 1. The molecular weight excluding hydrogens is 246 g/mol. The van der Waals surface area contributed by atoms with Crippen molar-refractivity contribution in [1.29, 1.82) is 0 Å². The molecule has 104 valence electrons. The Hall–Kier alpha value is -0.520. The van der Waals surface area contributed by atoms with Crippen molar-refractivity contribution in [2.45, 2.75) is 58.6 Å². The van der Waals surface area contributed by atoms with Gasteiger partial charge in [0.1, 0.15) is 10.0 Å². The Morgan fingerprint density at radius 1 is 1.28 bits per heavy atom. The zero-order valence-electron chi connectivity index (χ0n) is 12.1. The van der Waals surface area contributed by atoms with Crippen molar-refractivity contribution < 1.29 is 4.74 Å². The molecule has 0 spiro atoms. The minimum Gasteiger partial charge on any atom is -0.378 e. The summed E-state index contributed by atoms with van der Waals surface area (Å²) in [6, 6.07) is 0.553. The number of hydrogen-bond donors (Lipinski definition) is 1. The van der Waals surface area contributed by atoms with E-state index in [0.29, 0.717) is 6.04 Å². The fraction of sp³-hybridized carbons (Fsp3) is 0.846. The van der Waals surface area contributed by atoms with Gasteiger partial charge < -0.3 is 10.1 Å². The van der Waals surface area contributed by atoms with Crippen molar-refractivity contribution in [3.63, 3.8) is 0 Å². The summed E-state index contributed by atoms with van der Waals surface area (Å²) in [5.41, 5.74) is -0.157. The molecule has 5 heteroatoms. The Bertz CT molecular complexity index is 350. The summed E-state index contributed by atoms with van der Waals surface area (Å²) < 4.78 is 5.40. The third-order valence-corrected chi connectivity index (χ3v) is 3.74. The van der Waals surface area contributed by atoms with Crippen molar-refractivity contribution >= 4 is 11.3 Å². The second-order valence-electron chi connectivity index (χ2n) is 5.44. The Morgan fingerprint density at radius 3 is 2.56 bits per heavy atom. The lowest BCUT2D eigenvalue weighted by molar-refractivity contribution is 0.0230. The van der Waals surface area contributed by atoms with E-state index in [4.69, 9.17) is 4.74 Å². The van der Waals surface area contributed by atoms with Crippen LogP contribution in [0.15, 0.2) is 0 Å². The van der Waals surface area contributed by atoms with E-state index in [1.165, 1.54) is 0 Å². The van der Waals surface area contributed by atoms with E-state index in [1.54, 1.807) is 18.4 Å². The third-order valence-electron chi connectivity index (χ3n) is 2.76. The van der Waals surface area contributed by atoms with E-state index >= 15 is 0 Å². The highest BCUT2D eigenvalue weighted by atomic mass is 32.1. The molecule has 1 aromatic heterocycles. The predicted molar refractivity (Wildman–Crippen MR) is 76.2 cm³/mol. The minimum atomic E-state index is -0.157. The quantitative estimate of drug-likeness (QED) is 0.738. The first kappa shape index (κ1) is 15.5. The fourth-order valence-corrected chi connectivity index (χ4v) is 2.63. The molecule has 0 bridgehead atoms.